The Labute approximate surface area is 276 Å². The van der Waals surface area contributed by atoms with Crippen LogP contribution in [0.5, 0.6) is 0 Å². The Kier molecular flexibility index (Phi) is 3.24. The first kappa shape index (κ1) is 15.7. The van der Waals surface area contributed by atoms with Gasteiger partial charge >= 0.3 is 0 Å². The van der Waals surface area contributed by atoms with Gasteiger partial charge in [0.05, 0.1) is 16.4 Å². The van der Waals surface area contributed by atoms with E-state index in [1.54, 1.807) is 18.2 Å². The highest BCUT2D eigenvalue weighted by Crippen LogP contribution is 2.45. The summed E-state index contributed by atoms with van der Waals surface area (Å²) >= 11 is 0. The quantitative estimate of drug-likeness (QED) is 0.189. The van der Waals surface area contributed by atoms with Crippen LogP contribution in [-0.2, 0) is 0 Å². The molecule has 0 aliphatic carbocycles. The van der Waals surface area contributed by atoms with E-state index in [1.807, 2.05) is 60.7 Å². The van der Waals surface area contributed by atoms with Crippen molar-refractivity contribution in [1.82, 2.24) is 0 Å². The topological polar surface area (TPSA) is 13.1 Å². The molecule has 0 N–H and O–H groups in total. The molecule has 1 aromatic heterocycles. The number of hydrogen-bond acceptors (Lipinski definition) is 1. The van der Waals surface area contributed by atoms with Crippen LogP contribution in [0, 0.1) is 0 Å². The lowest BCUT2D eigenvalue weighted by Gasteiger charge is -2.17. The first-order chi connectivity index (χ1) is 27.3. The highest BCUT2D eigenvalue weighted by Gasteiger charge is 2.18. The van der Waals surface area contributed by atoms with Gasteiger partial charge in [-0.3, -0.25) is 0 Å². The van der Waals surface area contributed by atoms with Gasteiger partial charge in [0.2, 0.25) is 0 Å². The molecule has 0 radical (unpaired) electrons. The molecule has 0 aliphatic heterocycles. The average molecular weight is 583 g/mol. The minimum absolute atomic E-state index is 0.0971. The number of furan rings is 1. The maximum absolute atomic E-state index is 9.24. The third kappa shape index (κ3) is 3.62. The van der Waals surface area contributed by atoms with Crippen molar-refractivity contribution < 1.29 is 20.9 Å². The smallest absolute Gasteiger partial charge is 0.136 e. The van der Waals surface area contributed by atoms with Crippen LogP contribution in [0.3, 0.4) is 0 Å². The molecule has 0 saturated carbocycles. The van der Waals surface area contributed by atoms with Crippen LogP contribution in [0.1, 0.15) is 16.4 Å². The summed E-state index contributed by atoms with van der Waals surface area (Å²) in [5, 5.41) is 6.55. The Hall–Kier alpha value is -5.92. The fraction of sp³-hybridized carbons (Fsp3) is 0. The first-order valence-electron chi connectivity index (χ1n) is 20.5. The first-order valence-corrected chi connectivity index (χ1v) is 14.5. The van der Waals surface area contributed by atoms with Crippen molar-refractivity contribution in [2.24, 2.45) is 0 Å². The minimum Gasteiger partial charge on any atom is -0.456 e. The summed E-state index contributed by atoms with van der Waals surface area (Å²) in [6, 6.07) is 22.1. The number of hydrogen-bond donors (Lipinski definition) is 0. The number of fused-ring (bicyclic) bond motifs is 4. The summed E-state index contributed by atoms with van der Waals surface area (Å²) < 4.78 is 109. The van der Waals surface area contributed by atoms with Gasteiger partial charge in [-0.25, -0.2) is 0 Å². The Balaban J connectivity index is 1.24. The van der Waals surface area contributed by atoms with Crippen LogP contribution in [-0.4, -0.2) is 0 Å². The van der Waals surface area contributed by atoms with Crippen LogP contribution < -0.4 is 0 Å². The molecule has 45 heavy (non-hydrogen) atoms. The van der Waals surface area contributed by atoms with E-state index >= 15 is 0 Å². The van der Waals surface area contributed by atoms with Gasteiger partial charge in [0.1, 0.15) is 11.2 Å². The van der Waals surface area contributed by atoms with E-state index in [2.05, 4.69) is 6.07 Å². The fourth-order valence-corrected chi connectivity index (χ4v) is 6.77. The molecule has 0 fully saturated rings. The molecule has 208 valence electrons. The second kappa shape index (κ2) is 9.29. The Bertz CT molecular complexity index is 3410. The molecule has 10 aromatic rings. The van der Waals surface area contributed by atoms with Gasteiger partial charge < -0.3 is 4.42 Å². The summed E-state index contributed by atoms with van der Waals surface area (Å²) in [5.74, 6) is 0. The lowest BCUT2D eigenvalue weighted by atomic mass is 9.86. The van der Waals surface area contributed by atoms with E-state index in [0.717, 1.165) is 48.8 Å². The molecular weight excluding hydrogens is 544 g/mol. The molecule has 0 unspecified atom stereocenters. The molecule has 0 spiro atoms. The second-order valence-electron chi connectivity index (χ2n) is 11.1. The van der Waals surface area contributed by atoms with Crippen LogP contribution >= 0.6 is 0 Å². The zero-order valence-corrected chi connectivity index (χ0v) is 23.5. The van der Waals surface area contributed by atoms with Gasteiger partial charge in [0.25, 0.3) is 0 Å². The Morgan fingerprint density at radius 1 is 0.400 bits per heavy atom. The van der Waals surface area contributed by atoms with Crippen molar-refractivity contribution >= 4 is 65.0 Å². The summed E-state index contributed by atoms with van der Waals surface area (Å²) in [6.45, 7) is 0. The molecule has 0 aliphatic rings. The zero-order chi connectivity index (χ0) is 39.9. The summed E-state index contributed by atoms with van der Waals surface area (Å²) in [4.78, 5) is 0. The predicted molar refractivity (Wildman–Crippen MR) is 191 cm³/mol. The van der Waals surface area contributed by atoms with E-state index in [0.29, 0.717) is 27.7 Å². The molecular formula is C44H26O. The van der Waals surface area contributed by atoms with E-state index in [4.69, 9.17) is 19.5 Å². The van der Waals surface area contributed by atoms with Crippen LogP contribution in [0.4, 0.5) is 0 Å². The second-order valence-corrected chi connectivity index (χ2v) is 11.1. The average Bonchev–Trinajstić information content (AvgIpc) is 3.60. The van der Waals surface area contributed by atoms with Crippen molar-refractivity contribution in [1.29, 1.82) is 0 Å². The van der Waals surface area contributed by atoms with Gasteiger partial charge in [-0.1, -0.05) is 133 Å². The maximum Gasteiger partial charge on any atom is 0.136 e. The third-order valence-electron chi connectivity index (χ3n) is 8.76. The van der Waals surface area contributed by atoms with Crippen molar-refractivity contribution in [2.75, 3.05) is 0 Å². The summed E-state index contributed by atoms with van der Waals surface area (Å²) in [5.41, 5.74) is 4.10. The standard InChI is InChI=1S/C44H26O/c1-2-7-27(8-3-1)32-19-24-40-39(26-32)44-36(11-6-12-41(44)45-40)35-21-16-30-17-22-37-34(20-15-29-18-23-38(35)43(30)42(29)37)33-14-13-28-9-4-5-10-31(28)25-33/h1-26H/i1D,2D,3D,4D,5D,7D,8D,9D,10D,13D,14D,25D. The SMILES string of the molecule is [2H]c1c([2H])c([2H])c(-c2ccc3oc4cccc(-c5ccc6ccc7c(-c8c([2H])c([2H])c9c([2H])c([2H])c([2H])c([2H])c9c8[2H])ccc8ccc5c6c87)c4c3c2)c([2H])c1[2H]. The monoisotopic (exact) mass is 582 g/mol. The Morgan fingerprint density at radius 2 is 1.11 bits per heavy atom. The molecule has 0 amide bonds. The van der Waals surface area contributed by atoms with Crippen molar-refractivity contribution in [3.8, 4) is 33.4 Å². The van der Waals surface area contributed by atoms with Gasteiger partial charge in [-0.2, -0.15) is 0 Å². The molecule has 9 aromatic carbocycles. The molecule has 1 heteroatoms. The van der Waals surface area contributed by atoms with Crippen molar-refractivity contribution in [3.63, 3.8) is 0 Å². The lowest BCUT2D eigenvalue weighted by Crippen LogP contribution is -1.90. The van der Waals surface area contributed by atoms with E-state index in [9.17, 15) is 1.37 Å². The predicted octanol–water partition coefficient (Wildman–Crippen LogP) is 12.6. The van der Waals surface area contributed by atoms with Crippen molar-refractivity contribution in [3.05, 3.63) is 157 Å². The van der Waals surface area contributed by atoms with Gasteiger partial charge in [0.15, 0.2) is 0 Å². The zero-order valence-electron chi connectivity index (χ0n) is 35.5. The minimum atomic E-state index is -0.514. The maximum atomic E-state index is 9.24. The molecule has 1 nitrogen and oxygen atoms in total. The normalized spacial score (nSPS) is 15.7. The molecule has 0 saturated heterocycles. The highest BCUT2D eigenvalue weighted by molar-refractivity contribution is 6.28. The van der Waals surface area contributed by atoms with Crippen LogP contribution in [0.2, 0.25) is 0 Å². The highest BCUT2D eigenvalue weighted by atomic mass is 16.3. The van der Waals surface area contributed by atoms with Gasteiger partial charge in [-0.15, -0.1) is 0 Å². The summed E-state index contributed by atoms with van der Waals surface area (Å²) in [6.07, 6.45) is 0. The number of rotatable bonds is 3. The van der Waals surface area contributed by atoms with Crippen molar-refractivity contribution in [2.45, 2.75) is 0 Å². The van der Waals surface area contributed by atoms with E-state index in [1.165, 1.54) is 0 Å². The fourth-order valence-electron chi connectivity index (χ4n) is 6.77. The molecule has 0 bridgehead atoms. The van der Waals surface area contributed by atoms with Crippen LogP contribution in [0.15, 0.2) is 162 Å². The molecule has 10 rings (SSSR count). The van der Waals surface area contributed by atoms with E-state index < -0.39 is 42.3 Å². The third-order valence-corrected chi connectivity index (χ3v) is 8.76. The lowest BCUT2D eigenvalue weighted by molar-refractivity contribution is 0.669. The number of benzene rings is 9. The largest absolute Gasteiger partial charge is 0.456 e. The van der Waals surface area contributed by atoms with E-state index in [-0.39, 0.29) is 52.1 Å². The summed E-state index contributed by atoms with van der Waals surface area (Å²) in [7, 11) is 0. The van der Waals surface area contributed by atoms with Gasteiger partial charge in [-0.05, 0) is 101 Å². The van der Waals surface area contributed by atoms with Crippen LogP contribution in [0.25, 0.3) is 98.4 Å². The van der Waals surface area contributed by atoms with Gasteiger partial charge in [0, 0.05) is 10.8 Å². The Morgan fingerprint density at radius 3 is 1.93 bits per heavy atom. The molecule has 1 heterocycles. The molecule has 0 atom stereocenters.